The number of carbonyl (C=O) groups is 1. The van der Waals surface area contributed by atoms with Gasteiger partial charge in [-0.15, -0.1) is 0 Å². The van der Waals surface area contributed by atoms with E-state index in [2.05, 4.69) is 20.0 Å². The summed E-state index contributed by atoms with van der Waals surface area (Å²) in [5.41, 5.74) is 0.0287. The summed E-state index contributed by atoms with van der Waals surface area (Å²) in [5, 5.41) is 3.81. The lowest BCUT2D eigenvalue weighted by Gasteiger charge is -2.33. The van der Waals surface area contributed by atoms with Gasteiger partial charge in [-0.25, -0.2) is 0 Å². The van der Waals surface area contributed by atoms with Crippen molar-refractivity contribution in [2.45, 2.75) is 12.7 Å². The number of benzene rings is 1. The zero-order valence-corrected chi connectivity index (χ0v) is 15.8. The van der Waals surface area contributed by atoms with Crippen molar-refractivity contribution in [1.29, 1.82) is 0 Å². The molecule has 1 fully saturated rings. The highest BCUT2D eigenvalue weighted by Gasteiger charge is 2.31. The Balaban J connectivity index is 1.36. The number of halogens is 3. The minimum Gasteiger partial charge on any atom is -0.338 e. The normalized spacial score (nSPS) is 15.4. The maximum atomic E-state index is 12.9. The number of piperazine rings is 1. The van der Waals surface area contributed by atoms with E-state index in [0.29, 0.717) is 44.2 Å². The van der Waals surface area contributed by atoms with Crippen LogP contribution in [0.2, 0.25) is 0 Å². The van der Waals surface area contributed by atoms with Gasteiger partial charge in [0.05, 0.1) is 17.7 Å². The first kappa shape index (κ1) is 20.0. The summed E-state index contributed by atoms with van der Waals surface area (Å²) in [6.45, 7) is 2.69. The molecule has 7 nitrogen and oxygen atoms in total. The second-order valence-electron chi connectivity index (χ2n) is 6.90. The number of amides is 1. The fraction of sp³-hybridized carbons (Fsp3) is 0.300. The van der Waals surface area contributed by atoms with Crippen molar-refractivity contribution >= 4 is 5.91 Å². The molecule has 10 heteroatoms. The van der Waals surface area contributed by atoms with Crippen LogP contribution in [0.1, 0.15) is 21.8 Å². The maximum Gasteiger partial charge on any atom is 0.416 e. The zero-order chi connectivity index (χ0) is 21.1. The van der Waals surface area contributed by atoms with E-state index < -0.39 is 11.7 Å². The van der Waals surface area contributed by atoms with E-state index in [9.17, 15) is 18.0 Å². The summed E-state index contributed by atoms with van der Waals surface area (Å²) in [7, 11) is 0. The zero-order valence-electron chi connectivity index (χ0n) is 15.8. The fourth-order valence-electron chi connectivity index (χ4n) is 3.24. The first-order chi connectivity index (χ1) is 14.4. The Labute approximate surface area is 170 Å². The van der Waals surface area contributed by atoms with Crippen LogP contribution in [-0.4, -0.2) is 57.0 Å². The van der Waals surface area contributed by atoms with Gasteiger partial charge in [0, 0.05) is 44.1 Å². The van der Waals surface area contributed by atoms with Crippen molar-refractivity contribution in [3.05, 3.63) is 65.8 Å². The van der Waals surface area contributed by atoms with E-state index in [-0.39, 0.29) is 17.3 Å². The van der Waals surface area contributed by atoms with Crippen molar-refractivity contribution < 1.29 is 22.5 Å². The Kier molecular flexibility index (Phi) is 5.49. The average molecular weight is 417 g/mol. The molecule has 0 bridgehead atoms. The standard InChI is InChI=1S/C20H18F3N5O2/c21-20(22,23)16-5-1-3-14(11-16)18-25-17(30-26-18)13-27-7-9-28(10-8-27)19(29)15-4-2-6-24-12-15/h1-6,11-12H,7-10,13H2. The van der Waals surface area contributed by atoms with E-state index >= 15 is 0 Å². The van der Waals surface area contributed by atoms with Crippen LogP contribution in [0.3, 0.4) is 0 Å². The average Bonchev–Trinajstić information content (AvgIpc) is 3.22. The molecular weight excluding hydrogens is 399 g/mol. The number of carbonyl (C=O) groups excluding carboxylic acids is 1. The quantitative estimate of drug-likeness (QED) is 0.650. The monoisotopic (exact) mass is 417 g/mol. The van der Waals surface area contributed by atoms with Crippen LogP contribution in [0.15, 0.2) is 53.3 Å². The van der Waals surface area contributed by atoms with E-state index in [4.69, 9.17) is 4.52 Å². The predicted octanol–water partition coefficient (Wildman–Crippen LogP) is 3.11. The van der Waals surface area contributed by atoms with Crippen LogP contribution in [0, 0.1) is 0 Å². The lowest BCUT2D eigenvalue weighted by Crippen LogP contribution is -2.48. The molecule has 0 saturated carbocycles. The van der Waals surface area contributed by atoms with Crippen molar-refractivity contribution in [1.82, 2.24) is 24.9 Å². The van der Waals surface area contributed by atoms with E-state index in [1.54, 1.807) is 29.4 Å². The first-order valence-corrected chi connectivity index (χ1v) is 9.32. The molecule has 0 radical (unpaired) electrons. The van der Waals surface area contributed by atoms with Gasteiger partial charge in [0.1, 0.15) is 0 Å². The highest BCUT2D eigenvalue weighted by molar-refractivity contribution is 5.93. The van der Waals surface area contributed by atoms with Crippen LogP contribution < -0.4 is 0 Å². The Morgan fingerprint density at radius 1 is 1.10 bits per heavy atom. The molecule has 30 heavy (non-hydrogen) atoms. The van der Waals surface area contributed by atoms with Gasteiger partial charge in [-0.2, -0.15) is 18.2 Å². The number of alkyl halides is 3. The van der Waals surface area contributed by atoms with Gasteiger partial charge in [0.15, 0.2) is 0 Å². The van der Waals surface area contributed by atoms with Crippen LogP contribution in [0.5, 0.6) is 0 Å². The Bertz CT molecular complexity index is 1010. The van der Waals surface area contributed by atoms with Gasteiger partial charge in [0.2, 0.25) is 11.7 Å². The lowest BCUT2D eigenvalue weighted by atomic mass is 10.1. The molecule has 1 aliphatic heterocycles. The largest absolute Gasteiger partial charge is 0.416 e. The van der Waals surface area contributed by atoms with E-state index in [0.717, 1.165) is 12.1 Å². The Hall–Kier alpha value is -3.27. The highest BCUT2D eigenvalue weighted by Crippen LogP contribution is 2.31. The molecule has 1 amide bonds. The molecule has 3 heterocycles. The van der Waals surface area contributed by atoms with Crippen LogP contribution in [0.25, 0.3) is 11.4 Å². The molecule has 3 aromatic rings. The van der Waals surface area contributed by atoms with Crippen LogP contribution in [0.4, 0.5) is 13.2 Å². The smallest absolute Gasteiger partial charge is 0.338 e. The van der Waals surface area contributed by atoms with Gasteiger partial charge in [-0.1, -0.05) is 17.3 Å². The number of aromatic nitrogens is 3. The van der Waals surface area contributed by atoms with Crippen LogP contribution in [-0.2, 0) is 12.7 Å². The summed E-state index contributed by atoms with van der Waals surface area (Å²) < 4.78 is 43.9. The maximum absolute atomic E-state index is 12.9. The molecule has 1 aliphatic rings. The molecule has 2 aromatic heterocycles. The third-order valence-electron chi connectivity index (χ3n) is 4.84. The van der Waals surface area contributed by atoms with Crippen molar-refractivity contribution in [3.63, 3.8) is 0 Å². The molecule has 0 spiro atoms. The number of nitrogens with zero attached hydrogens (tertiary/aromatic N) is 5. The second-order valence-corrected chi connectivity index (χ2v) is 6.90. The molecule has 1 aromatic carbocycles. The first-order valence-electron chi connectivity index (χ1n) is 9.32. The molecule has 156 valence electrons. The lowest BCUT2D eigenvalue weighted by molar-refractivity contribution is -0.137. The number of rotatable bonds is 4. The summed E-state index contributed by atoms with van der Waals surface area (Å²) in [6, 6.07) is 8.27. The molecule has 4 rings (SSSR count). The summed E-state index contributed by atoms with van der Waals surface area (Å²) >= 11 is 0. The number of hydrogen-bond donors (Lipinski definition) is 0. The Morgan fingerprint density at radius 3 is 2.60 bits per heavy atom. The predicted molar refractivity (Wildman–Crippen MR) is 100 cm³/mol. The SMILES string of the molecule is O=C(c1cccnc1)N1CCN(Cc2nc(-c3cccc(C(F)(F)F)c3)no2)CC1. The van der Waals surface area contributed by atoms with E-state index in [1.165, 1.54) is 12.1 Å². The summed E-state index contributed by atoms with van der Waals surface area (Å²) in [6.07, 6.45) is -1.27. The number of pyridine rings is 1. The van der Waals surface area contributed by atoms with Crippen molar-refractivity contribution in [3.8, 4) is 11.4 Å². The van der Waals surface area contributed by atoms with Gasteiger partial charge in [-0.3, -0.25) is 14.7 Å². The molecule has 1 saturated heterocycles. The molecule has 0 aliphatic carbocycles. The highest BCUT2D eigenvalue weighted by atomic mass is 19.4. The molecular formula is C20H18F3N5O2. The minimum atomic E-state index is -4.44. The van der Waals surface area contributed by atoms with Crippen LogP contribution >= 0.6 is 0 Å². The van der Waals surface area contributed by atoms with Gasteiger partial charge < -0.3 is 9.42 Å². The molecule has 0 N–H and O–H groups in total. The third-order valence-corrected chi connectivity index (χ3v) is 4.84. The summed E-state index contributed by atoms with van der Waals surface area (Å²) in [5.74, 6) is 0.364. The summed E-state index contributed by atoms with van der Waals surface area (Å²) in [4.78, 5) is 24.5. The third kappa shape index (κ3) is 4.48. The van der Waals surface area contributed by atoms with Gasteiger partial charge >= 0.3 is 6.18 Å². The fourth-order valence-corrected chi connectivity index (χ4v) is 3.24. The van der Waals surface area contributed by atoms with E-state index in [1.807, 2.05) is 0 Å². The second kappa shape index (κ2) is 8.23. The van der Waals surface area contributed by atoms with Crippen molar-refractivity contribution in [2.24, 2.45) is 0 Å². The molecule has 0 atom stereocenters. The topological polar surface area (TPSA) is 75.4 Å². The number of hydrogen-bond acceptors (Lipinski definition) is 6. The molecule has 0 unspecified atom stereocenters. The Morgan fingerprint density at radius 2 is 1.90 bits per heavy atom. The van der Waals surface area contributed by atoms with Crippen molar-refractivity contribution in [2.75, 3.05) is 26.2 Å². The minimum absolute atomic E-state index is 0.0626. The van der Waals surface area contributed by atoms with Gasteiger partial charge in [-0.05, 0) is 24.3 Å². The van der Waals surface area contributed by atoms with Gasteiger partial charge in [0.25, 0.3) is 5.91 Å².